The number of rotatable bonds is 8. The van der Waals surface area contributed by atoms with Crippen LogP contribution in [0.4, 0.5) is 5.69 Å². The Hall–Kier alpha value is -2.25. The number of benzene rings is 2. The van der Waals surface area contributed by atoms with Gasteiger partial charge in [-0.1, -0.05) is 18.2 Å². The van der Waals surface area contributed by atoms with E-state index in [4.69, 9.17) is 9.47 Å². The minimum absolute atomic E-state index is 0.122. The van der Waals surface area contributed by atoms with Gasteiger partial charge in [0.15, 0.2) is 0 Å². The number of methoxy groups -OCH3 is 2. The third-order valence-electron chi connectivity index (χ3n) is 5.14. The predicted octanol–water partition coefficient (Wildman–Crippen LogP) is 3.41. The fourth-order valence-electron chi connectivity index (χ4n) is 3.48. The first-order chi connectivity index (χ1) is 14.1. The molecule has 0 aliphatic carbocycles. The predicted molar refractivity (Wildman–Crippen MR) is 119 cm³/mol. The van der Waals surface area contributed by atoms with E-state index in [-0.39, 0.29) is 5.91 Å². The molecule has 2 aromatic rings. The lowest BCUT2D eigenvalue weighted by molar-refractivity contribution is 0.0950. The molecule has 0 bridgehead atoms. The van der Waals surface area contributed by atoms with Crippen LogP contribution in [0.5, 0.6) is 11.5 Å². The van der Waals surface area contributed by atoms with Crippen LogP contribution < -0.4 is 19.7 Å². The van der Waals surface area contributed by atoms with E-state index < -0.39 is 0 Å². The Morgan fingerprint density at radius 2 is 1.66 bits per heavy atom. The first-order valence-corrected chi connectivity index (χ1v) is 10.6. The fourth-order valence-corrected chi connectivity index (χ4v) is 4.03. The lowest BCUT2D eigenvalue weighted by Crippen LogP contribution is -2.47. The van der Waals surface area contributed by atoms with Crippen molar-refractivity contribution in [3.8, 4) is 11.5 Å². The van der Waals surface area contributed by atoms with Crippen LogP contribution in [-0.4, -0.2) is 64.3 Å². The van der Waals surface area contributed by atoms with Crippen molar-refractivity contribution in [2.75, 3.05) is 58.4 Å². The lowest BCUT2D eigenvalue weighted by atomic mass is 10.2. The van der Waals surface area contributed by atoms with Crippen molar-refractivity contribution in [2.24, 2.45) is 0 Å². The molecule has 2 aromatic carbocycles. The van der Waals surface area contributed by atoms with Gasteiger partial charge in [0, 0.05) is 44.0 Å². The number of piperazine rings is 1. The highest BCUT2D eigenvalue weighted by Gasteiger charge is 2.17. The minimum Gasteiger partial charge on any atom is -0.495 e. The van der Waals surface area contributed by atoms with Gasteiger partial charge in [-0.15, -0.1) is 0 Å². The first-order valence-electron chi connectivity index (χ1n) is 9.84. The van der Waals surface area contributed by atoms with Crippen LogP contribution in [0.25, 0.3) is 0 Å². The van der Waals surface area contributed by atoms with E-state index in [0.717, 1.165) is 39.1 Å². The van der Waals surface area contributed by atoms with E-state index in [2.05, 4.69) is 61.4 Å². The van der Waals surface area contributed by atoms with Crippen LogP contribution in [0.2, 0.25) is 0 Å². The zero-order chi connectivity index (χ0) is 20.6. The lowest BCUT2D eigenvalue weighted by Gasteiger charge is -2.36. The van der Waals surface area contributed by atoms with Gasteiger partial charge in [0.1, 0.15) is 16.0 Å². The molecule has 1 saturated heterocycles. The zero-order valence-corrected chi connectivity index (χ0v) is 18.6. The molecule has 29 heavy (non-hydrogen) atoms. The number of hydrogen-bond donors (Lipinski definition) is 1. The van der Waals surface area contributed by atoms with Gasteiger partial charge in [-0.25, -0.2) is 0 Å². The van der Waals surface area contributed by atoms with Crippen molar-refractivity contribution in [3.63, 3.8) is 0 Å². The Morgan fingerprint density at radius 1 is 1.03 bits per heavy atom. The molecule has 1 N–H and O–H groups in total. The number of anilines is 1. The van der Waals surface area contributed by atoms with Gasteiger partial charge in [0.2, 0.25) is 0 Å². The summed E-state index contributed by atoms with van der Waals surface area (Å²) in [5.74, 6) is 1.03. The highest BCUT2D eigenvalue weighted by Crippen LogP contribution is 2.35. The Morgan fingerprint density at radius 3 is 2.24 bits per heavy atom. The summed E-state index contributed by atoms with van der Waals surface area (Å²) < 4.78 is 11.3. The number of ether oxygens (including phenoxy) is 2. The van der Waals surface area contributed by atoms with Crippen molar-refractivity contribution >= 4 is 27.5 Å². The average Bonchev–Trinajstić information content (AvgIpc) is 2.77. The molecule has 1 aliphatic rings. The molecule has 0 saturated carbocycles. The summed E-state index contributed by atoms with van der Waals surface area (Å²) >= 11 is 3.42. The quantitative estimate of drug-likeness (QED) is 0.610. The van der Waals surface area contributed by atoms with Crippen LogP contribution in [0.15, 0.2) is 46.9 Å². The number of para-hydroxylation sites is 1. The topological polar surface area (TPSA) is 54.0 Å². The van der Waals surface area contributed by atoms with Crippen LogP contribution in [0.3, 0.4) is 0 Å². The van der Waals surface area contributed by atoms with E-state index in [1.807, 2.05) is 0 Å². The Balaban J connectivity index is 1.41. The molecule has 0 unspecified atom stereocenters. The molecular formula is C22H28BrN3O3. The van der Waals surface area contributed by atoms with Crippen LogP contribution in [0.1, 0.15) is 16.8 Å². The number of nitrogens with zero attached hydrogens (tertiary/aromatic N) is 2. The van der Waals surface area contributed by atoms with Gasteiger partial charge in [0.25, 0.3) is 5.91 Å². The second-order valence-corrected chi connectivity index (χ2v) is 7.76. The molecule has 1 amide bonds. The summed E-state index contributed by atoms with van der Waals surface area (Å²) in [5, 5.41) is 2.99. The molecule has 7 heteroatoms. The SMILES string of the molecule is COc1cc(C(=O)NCCCN2CCN(c3ccccc3)CC2)cc(OC)c1Br. The van der Waals surface area contributed by atoms with Crippen LogP contribution in [0, 0.1) is 0 Å². The Labute approximate surface area is 180 Å². The Kier molecular flexibility index (Phi) is 7.77. The number of halogens is 1. The maximum atomic E-state index is 12.5. The van der Waals surface area contributed by atoms with Gasteiger partial charge >= 0.3 is 0 Å². The number of carbonyl (C=O) groups is 1. The van der Waals surface area contributed by atoms with Gasteiger partial charge < -0.3 is 19.7 Å². The van der Waals surface area contributed by atoms with Gasteiger partial charge in [0.05, 0.1) is 14.2 Å². The molecule has 0 radical (unpaired) electrons. The van der Waals surface area contributed by atoms with Crippen molar-refractivity contribution in [1.82, 2.24) is 10.2 Å². The normalized spacial score (nSPS) is 14.5. The molecule has 1 heterocycles. The van der Waals surface area contributed by atoms with E-state index >= 15 is 0 Å². The average molecular weight is 462 g/mol. The maximum Gasteiger partial charge on any atom is 0.251 e. The summed E-state index contributed by atoms with van der Waals surface area (Å²) in [5.41, 5.74) is 1.82. The van der Waals surface area contributed by atoms with Gasteiger partial charge in [-0.2, -0.15) is 0 Å². The number of carbonyl (C=O) groups excluding carboxylic acids is 1. The van der Waals surface area contributed by atoms with E-state index in [1.165, 1.54) is 5.69 Å². The smallest absolute Gasteiger partial charge is 0.251 e. The third-order valence-corrected chi connectivity index (χ3v) is 5.92. The monoisotopic (exact) mass is 461 g/mol. The molecular weight excluding hydrogens is 434 g/mol. The summed E-state index contributed by atoms with van der Waals surface area (Å²) in [6.45, 7) is 5.78. The minimum atomic E-state index is -0.122. The van der Waals surface area contributed by atoms with Crippen molar-refractivity contribution in [2.45, 2.75) is 6.42 Å². The number of nitrogens with one attached hydrogen (secondary N) is 1. The van der Waals surface area contributed by atoms with Crippen molar-refractivity contribution < 1.29 is 14.3 Å². The number of hydrogen-bond acceptors (Lipinski definition) is 5. The second kappa shape index (κ2) is 10.5. The zero-order valence-electron chi connectivity index (χ0n) is 17.0. The molecule has 3 rings (SSSR count). The van der Waals surface area contributed by atoms with Crippen molar-refractivity contribution in [1.29, 1.82) is 0 Å². The van der Waals surface area contributed by atoms with Gasteiger partial charge in [-0.3, -0.25) is 9.69 Å². The molecule has 0 atom stereocenters. The van der Waals surface area contributed by atoms with Crippen LogP contribution >= 0.6 is 15.9 Å². The standard InChI is InChI=1S/C22H28BrN3O3/c1-28-19-15-17(16-20(29-2)21(19)23)22(27)24-9-6-10-25-11-13-26(14-12-25)18-7-4-3-5-8-18/h3-5,7-8,15-16H,6,9-14H2,1-2H3,(H,24,27). The van der Waals surface area contributed by atoms with E-state index in [1.54, 1.807) is 26.4 Å². The fraction of sp³-hybridized carbons (Fsp3) is 0.409. The van der Waals surface area contributed by atoms with Crippen molar-refractivity contribution in [3.05, 3.63) is 52.5 Å². The second-order valence-electron chi connectivity index (χ2n) is 6.97. The molecule has 1 aliphatic heterocycles. The van der Waals surface area contributed by atoms with E-state index in [0.29, 0.717) is 28.1 Å². The largest absolute Gasteiger partial charge is 0.495 e. The van der Waals surface area contributed by atoms with Crippen LogP contribution in [-0.2, 0) is 0 Å². The third kappa shape index (κ3) is 5.64. The van der Waals surface area contributed by atoms with E-state index in [9.17, 15) is 4.79 Å². The highest BCUT2D eigenvalue weighted by molar-refractivity contribution is 9.10. The molecule has 6 nitrogen and oxygen atoms in total. The Bertz CT molecular complexity index is 783. The first kappa shape index (κ1) is 21.5. The summed E-state index contributed by atoms with van der Waals surface area (Å²) in [7, 11) is 3.14. The molecule has 0 spiro atoms. The molecule has 156 valence electrons. The highest BCUT2D eigenvalue weighted by atomic mass is 79.9. The summed E-state index contributed by atoms with van der Waals surface area (Å²) in [4.78, 5) is 17.4. The molecule has 1 fully saturated rings. The number of amides is 1. The summed E-state index contributed by atoms with van der Waals surface area (Å²) in [6, 6.07) is 14.0. The molecule has 0 aromatic heterocycles. The maximum absolute atomic E-state index is 12.5. The summed E-state index contributed by atoms with van der Waals surface area (Å²) in [6.07, 6.45) is 0.919. The van der Waals surface area contributed by atoms with Gasteiger partial charge in [-0.05, 0) is 53.2 Å².